The van der Waals surface area contributed by atoms with E-state index in [1.807, 2.05) is 6.07 Å². The molecule has 2 aliphatic carbocycles. The van der Waals surface area contributed by atoms with Crippen LogP contribution >= 0.6 is 0 Å². The van der Waals surface area contributed by atoms with Gasteiger partial charge < -0.3 is 10.3 Å². The third kappa shape index (κ3) is 4.38. The fourth-order valence-corrected chi connectivity index (χ4v) is 5.91. The summed E-state index contributed by atoms with van der Waals surface area (Å²) < 4.78 is 44.4. The summed E-state index contributed by atoms with van der Waals surface area (Å²) in [4.78, 5) is 17.3. The van der Waals surface area contributed by atoms with Crippen LogP contribution in [0.25, 0.3) is 22.3 Å². The molecule has 3 aromatic rings. The summed E-state index contributed by atoms with van der Waals surface area (Å²) >= 11 is 0. The van der Waals surface area contributed by atoms with Crippen molar-refractivity contribution < 1.29 is 17.6 Å². The van der Waals surface area contributed by atoms with Crippen molar-refractivity contribution in [2.24, 2.45) is 5.73 Å². The maximum atomic E-state index is 15.6. The molecule has 192 valence electrons. The Labute approximate surface area is 211 Å². The number of rotatable bonds is 6. The third-order valence-electron chi connectivity index (χ3n) is 7.38. The number of carbonyl (C=O) groups excluding carboxylic acids is 1. The van der Waals surface area contributed by atoms with Gasteiger partial charge in [0, 0.05) is 11.4 Å². The van der Waals surface area contributed by atoms with E-state index in [4.69, 9.17) is 5.73 Å². The van der Waals surface area contributed by atoms with Crippen molar-refractivity contribution in [1.29, 1.82) is 0 Å². The summed E-state index contributed by atoms with van der Waals surface area (Å²) in [5, 5.41) is 0.242. The molecule has 0 aliphatic heterocycles. The Kier molecular flexibility index (Phi) is 6.09. The molecule has 2 saturated carbocycles. The molecule has 1 amide bonds. The maximum Gasteiger partial charge on any atom is 0.251 e. The lowest BCUT2D eigenvalue weighted by molar-refractivity contribution is 0.100. The first-order valence-electron chi connectivity index (χ1n) is 12.6. The van der Waals surface area contributed by atoms with Crippen molar-refractivity contribution in [3.63, 3.8) is 0 Å². The Bertz CT molecular complexity index is 1430. The molecule has 0 atom stereocenters. The van der Waals surface area contributed by atoms with Gasteiger partial charge in [-0.3, -0.25) is 14.5 Å². The molecule has 5 rings (SSSR count). The number of hydrogen-bond acceptors (Lipinski definition) is 4. The molecule has 1 aromatic carbocycles. The number of aromatic nitrogens is 2. The van der Waals surface area contributed by atoms with Crippen molar-refractivity contribution in [2.75, 3.05) is 4.72 Å². The molecule has 3 N–H and O–H groups in total. The predicted molar refractivity (Wildman–Crippen MR) is 140 cm³/mol. The van der Waals surface area contributed by atoms with Crippen LogP contribution in [0.3, 0.4) is 0 Å². The minimum atomic E-state index is -3.63. The van der Waals surface area contributed by atoms with Crippen molar-refractivity contribution in [1.82, 2.24) is 9.55 Å². The number of primary amides is 1. The molecular weight excluding hydrogens is 479 g/mol. The largest absolute Gasteiger partial charge is 0.366 e. The molecule has 2 aliphatic rings. The van der Waals surface area contributed by atoms with Crippen LogP contribution in [-0.2, 0) is 10.0 Å². The van der Waals surface area contributed by atoms with Crippen LogP contribution in [0.5, 0.6) is 0 Å². The van der Waals surface area contributed by atoms with Crippen LogP contribution in [0, 0.1) is 5.82 Å². The Morgan fingerprint density at radius 2 is 1.81 bits per heavy atom. The molecule has 2 aromatic heterocycles. The summed E-state index contributed by atoms with van der Waals surface area (Å²) in [6.07, 6.45) is 8.62. The number of sulfonamides is 1. The Morgan fingerprint density at radius 3 is 2.36 bits per heavy atom. The van der Waals surface area contributed by atoms with E-state index in [0.717, 1.165) is 50.5 Å². The first kappa shape index (κ1) is 24.7. The van der Waals surface area contributed by atoms with Gasteiger partial charge in [0.2, 0.25) is 10.0 Å². The number of amides is 1. The zero-order valence-electron chi connectivity index (χ0n) is 21.0. The molecule has 0 bridgehead atoms. The predicted octanol–water partition coefficient (Wildman–Crippen LogP) is 5.86. The van der Waals surface area contributed by atoms with Gasteiger partial charge in [0.25, 0.3) is 5.91 Å². The van der Waals surface area contributed by atoms with Crippen molar-refractivity contribution >= 4 is 32.5 Å². The van der Waals surface area contributed by atoms with Gasteiger partial charge in [0.05, 0.1) is 39.1 Å². The van der Waals surface area contributed by atoms with Crippen LogP contribution in [0.4, 0.5) is 10.1 Å². The second-order valence-corrected chi connectivity index (χ2v) is 13.5. The smallest absolute Gasteiger partial charge is 0.251 e. The molecule has 7 nitrogen and oxygen atoms in total. The Hall–Kier alpha value is -2.94. The number of carbonyl (C=O) groups is 1. The lowest BCUT2D eigenvalue weighted by Gasteiger charge is -2.27. The molecule has 36 heavy (non-hydrogen) atoms. The van der Waals surface area contributed by atoms with Gasteiger partial charge in [-0.25, -0.2) is 12.8 Å². The number of fused-ring (bicyclic) bond motifs is 1. The number of anilines is 1. The van der Waals surface area contributed by atoms with Crippen molar-refractivity contribution in [3.05, 3.63) is 47.4 Å². The second kappa shape index (κ2) is 8.87. The fourth-order valence-electron chi connectivity index (χ4n) is 5.17. The molecular formula is C27H33FN4O3S. The highest BCUT2D eigenvalue weighted by molar-refractivity contribution is 7.94. The molecule has 2 fully saturated rings. The SMILES string of the molecule is CC(C)(C)S(=O)(=O)Nc1ccc(-c2c(C(N)=O)c3c(F)cc(C4CC4)cc3n2C2CCCCC2)nc1. The summed E-state index contributed by atoms with van der Waals surface area (Å²) in [5.74, 6) is -0.789. The van der Waals surface area contributed by atoms with Gasteiger partial charge >= 0.3 is 0 Å². The number of nitrogens with two attached hydrogens (primary N) is 1. The van der Waals surface area contributed by atoms with E-state index in [2.05, 4.69) is 14.3 Å². The van der Waals surface area contributed by atoms with Gasteiger partial charge in [-0.1, -0.05) is 19.3 Å². The van der Waals surface area contributed by atoms with E-state index < -0.39 is 26.5 Å². The van der Waals surface area contributed by atoms with Crippen LogP contribution in [0.2, 0.25) is 0 Å². The minimum absolute atomic E-state index is 0.0964. The minimum Gasteiger partial charge on any atom is -0.366 e. The molecule has 0 spiro atoms. The van der Waals surface area contributed by atoms with E-state index in [9.17, 15) is 13.2 Å². The van der Waals surface area contributed by atoms with Crippen molar-refractivity contribution in [2.45, 2.75) is 82.4 Å². The number of nitrogens with one attached hydrogen (secondary N) is 1. The lowest BCUT2D eigenvalue weighted by Crippen LogP contribution is -2.33. The van der Waals surface area contributed by atoms with Gasteiger partial charge in [-0.15, -0.1) is 0 Å². The number of pyridine rings is 1. The monoisotopic (exact) mass is 512 g/mol. The number of nitrogens with zero attached hydrogens (tertiary/aromatic N) is 2. The van der Waals surface area contributed by atoms with Gasteiger partial charge in [-0.05, 0) is 82.2 Å². The molecule has 0 saturated heterocycles. The first-order valence-corrected chi connectivity index (χ1v) is 14.1. The highest BCUT2D eigenvalue weighted by Gasteiger charge is 2.33. The van der Waals surface area contributed by atoms with E-state index in [1.54, 1.807) is 39.0 Å². The second-order valence-electron chi connectivity index (χ2n) is 11.1. The van der Waals surface area contributed by atoms with E-state index in [1.165, 1.54) is 6.20 Å². The standard InChI is InChI=1S/C27H33FN4O3S/c1-27(2,3)36(34,35)31-18-11-12-21(30-15-18)25-24(26(29)33)23-20(28)13-17(16-9-10-16)14-22(23)32(25)19-7-5-4-6-8-19/h11-16,19,31H,4-10H2,1-3H3,(H2,29,33). The van der Waals surface area contributed by atoms with Crippen LogP contribution in [0.1, 0.15) is 93.6 Å². The van der Waals surface area contributed by atoms with Crippen LogP contribution < -0.4 is 10.5 Å². The van der Waals surface area contributed by atoms with Gasteiger partial charge in [0.15, 0.2) is 0 Å². The average Bonchev–Trinajstić information content (AvgIpc) is 3.60. The summed E-state index contributed by atoms with van der Waals surface area (Å²) in [5.41, 5.74) is 8.91. The number of hydrogen-bond donors (Lipinski definition) is 2. The summed E-state index contributed by atoms with van der Waals surface area (Å²) in [6.45, 7) is 4.84. The molecule has 0 radical (unpaired) electrons. The van der Waals surface area contributed by atoms with E-state index >= 15 is 4.39 Å². The fraction of sp³-hybridized carbons (Fsp3) is 0.481. The van der Waals surface area contributed by atoms with E-state index in [0.29, 0.717) is 28.5 Å². The normalized spacial score (nSPS) is 17.4. The van der Waals surface area contributed by atoms with Gasteiger partial charge in [-0.2, -0.15) is 0 Å². The van der Waals surface area contributed by atoms with Crippen molar-refractivity contribution in [3.8, 4) is 11.4 Å². The summed E-state index contributed by atoms with van der Waals surface area (Å²) in [6, 6.07) is 6.94. The highest BCUT2D eigenvalue weighted by Crippen LogP contribution is 2.45. The Morgan fingerprint density at radius 1 is 1.11 bits per heavy atom. The third-order valence-corrected chi connectivity index (χ3v) is 9.50. The molecule has 2 heterocycles. The van der Waals surface area contributed by atoms with Crippen LogP contribution in [-0.4, -0.2) is 28.6 Å². The van der Waals surface area contributed by atoms with Gasteiger partial charge in [0.1, 0.15) is 5.82 Å². The highest BCUT2D eigenvalue weighted by atomic mass is 32.2. The molecule has 9 heteroatoms. The van der Waals surface area contributed by atoms with Crippen LogP contribution in [0.15, 0.2) is 30.5 Å². The quantitative estimate of drug-likeness (QED) is 0.431. The average molecular weight is 513 g/mol. The number of benzene rings is 1. The Balaban J connectivity index is 1.69. The summed E-state index contributed by atoms with van der Waals surface area (Å²) in [7, 11) is -3.63. The topological polar surface area (TPSA) is 107 Å². The first-order chi connectivity index (χ1) is 17.0. The maximum absolute atomic E-state index is 15.6. The zero-order chi connectivity index (χ0) is 25.8. The van der Waals surface area contributed by atoms with E-state index in [-0.39, 0.29) is 17.0 Å². The molecule has 0 unspecified atom stereocenters. The lowest BCUT2D eigenvalue weighted by atomic mass is 9.94. The number of halogens is 1. The zero-order valence-corrected chi connectivity index (χ0v) is 21.8.